The minimum atomic E-state index is -2.17. The number of phenols is 6. The van der Waals surface area contributed by atoms with Crippen LogP contribution in [0.2, 0.25) is 10.0 Å². The average molecular weight is 1450 g/mol. The van der Waals surface area contributed by atoms with Gasteiger partial charge in [0.15, 0.2) is 23.0 Å². The van der Waals surface area contributed by atoms with E-state index in [4.69, 9.17) is 43.1 Å². The van der Waals surface area contributed by atoms with Crippen LogP contribution in [0.4, 0.5) is 0 Å². The topological polar surface area (TPSA) is 418 Å². The van der Waals surface area contributed by atoms with E-state index in [0.29, 0.717) is 44.1 Å². The van der Waals surface area contributed by atoms with Gasteiger partial charge >= 0.3 is 0 Å². The number of rotatable bonds is 11. The van der Waals surface area contributed by atoms with E-state index in [1.165, 1.54) is 72.8 Å². The number of fused-ring (bicyclic) bond motifs is 14. The highest BCUT2D eigenvalue weighted by Crippen LogP contribution is 2.49. The van der Waals surface area contributed by atoms with Crippen LogP contribution in [0.3, 0.4) is 0 Å². The monoisotopic (exact) mass is 1450 g/mol. The fraction of sp³-hybridized carbons (Fsp3) is 0.329. The van der Waals surface area contributed by atoms with E-state index in [9.17, 15) is 40.5 Å². The molecule has 0 aromatic heterocycles. The van der Waals surface area contributed by atoms with Crippen molar-refractivity contribution in [3.63, 3.8) is 0 Å². The van der Waals surface area contributed by atoms with Gasteiger partial charge in [-0.05, 0) is 184 Å². The highest BCUT2D eigenvalue weighted by atomic mass is 35.5. The summed E-state index contributed by atoms with van der Waals surface area (Å²) in [6.07, 6.45) is 1.77. The van der Waals surface area contributed by atoms with Gasteiger partial charge in [0.25, 0.3) is 0 Å². The second-order valence-electron chi connectivity index (χ2n) is 26.4. The molecule has 17 bridgehead atoms. The molecular weight excluding hydrogens is 1370 g/mol. The molecule has 103 heavy (non-hydrogen) atoms. The lowest BCUT2D eigenvalue weighted by atomic mass is 9.87. The van der Waals surface area contributed by atoms with Crippen molar-refractivity contribution < 1.29 is 83.5 Å². The summed E-state index contributed by atoms with van der Waals surface area (Å²) < 4.78 is 18.7. The maximum Gasteiger partial charge on any atom is 0.248 e. The van der Waals surface area contributed by atoms with Crippen LogP contribution < -0.4 is 62.5 Å². The summed E-state index contributed by atoms with van der Waals surface area (Å²) in [7, 11) is 3.79. The van der Waals surface area contributed by atoms with Crippen molar-refractivity contribution in [2.24, 2.45) is 5.73 Å². The van der Waals surface area contributed by atoms with Crippen molar-refractivity contribution in [3.8, 4) is 80.1 Å². The van der Waals surface area contributed by atoms with Crippen molar-refractivity contribution in [2.45, 2.75) is 106 Å². The number of aromatic hydroxyl groups is 6. The molecule has 1 fully saturated rings. The van der Waals surface area contributed by atoms with E-state index < -0.39 is 136 Å². The Kier molecular flexibility index (Phi) is 21.4. The molecule has 14 rings (SSSR count). The fourth-order valence-corrected chi connectivity index (χ4v) is 13.8. The number of benzene rings is 7. The molecule has 7 aliphatic heterocycles. The van der Waals surface area contributed by atoms with Crippen LogP contribution in [0.25, 0.3) is 11.1 Å². The molecule has 7 aromatic carbocycles. The summed E-state index contributed by atoms with van der Waals surface area (Å²) in [6.45, 7) is 4.58. The van der Waals surface area contributed by atoms with Crippen molar-refractivity contribution in [1.29, 1.82) is 0 Å². The summed E-state index contributed by atoms with van der Waals surface area (Å²) in [4.78, 5) is 112. The van der Waals surface area contributed by atoms with Crippen LogP contribution in [-0.4, -0.2) is 152 Å². The number of nitrogens with two attached hydrogens (primary N) is 1. The minimum Gasteiger partial charge on any atom is -0.508 e. The second-order valence-corrected chi connectivity index (χ2v) is 27.2. The van der Waals surface area contributed by atoms with Gasteiger partial charge in [0.1, 0.15) is 88.6 Å². The van der Waals surface area contributed by atoms with E-state index in [1.807, 2.05) is 19.0 Å². The van der Waals surface area contributed by atoms with Gasteiger partial charge in [0, 0.05) is 49.3 Å². The number of carbonyl (C=O) groups excluding carboxylic acids is 7. The number of hydrogen-bond acceptors (Lipinski definition) is 21. The zero-order valence-electron chi connectivity index (χ0n) is 56.0. The Hall–Kier alpha value is -10.6. The molecule has 0 saturated carbocycles. The van der Waals surface area contributed by atoms with Gasteiger partial charge in [-0.15, -0.1) is 0 Å². The Morgan fingerprint density at radius 2 is 1.24 bits per heavy atom. The van der Waals surface area contributed by atoms with Gasteiger partial charge in [-0.25, -0.2) is 0 Å². The maximum absolute atomic E-state index is 16.1. The van der Waals surface area contributed by atoms with Crippen LogP contribution in [0.1, 0.15) is 120 Å². The van der Waals surface area contributed by atoms with Gasteiger partial charge < -0.3 is 108 Å². The molecule has 0 spiro atoms. The normalized spacial score (nSPS) is 22.1. The average Bonchev–Trinajstić information content (AvgIpc) is 0.757. The van der Waals surface area contributed by atoms with Crippen molar-refractivity contribution in [3.05, 3.63) is 164 Å². The number of hydrogen-bond donors (Lipinski definition) is 16. The van der Waals surface area contributed by atoms with Gasteiger partial charge in [-0.1, -0.05) is 53.9 Å². The SMILES string of the molecule is CC1CCCCN1CCCNC(=O)[C@H]1NC(=O)[C@H]2NC(=O)[C@@H](NC(=O)[C@H]3NC(=O)[C@H]4NC(=O)[C@H](Cc5ccc(c(Cl)c5)Oc5cc3cc(c5O)Oc3ccc(cc3Cl)C2O)NC(=O)[C@@H](N)c2ccc(O)c(c2)Oc2cc(O)cc4c2)c2ccc(O)c(c2)-c2c1cc(O)c(CNCCCN(C)C)c2O. The first-order chi connectivity index (χ1) is 49.3. The fourth-order valence-electron chi connectivity index (χ4n) is 13.3. The number of aliphatic hydroxyl groups excluding tert-OH is 1. The van der Waals surface area contributed by atoms with E-state index in [-0.39, 0.29) is 103 Å². The quantitative estimate of drug-likeness (QED) is 0.0630. The molecule has 7 heterocycles. The number of piperidine rings is 1. The molecule has 7 aliphatic rings. The number of nitrogens with zero attached hydrogens (tertiary/aromatic N) is 2. The Balaban J connectivity index is 1.04. The molecule has 0 radical (unpaired) electrons. The zero-order valence-corrected chi connectivity index (χ0v) is 57.5. The summed E-state index contributed by atoms with van der Waals surface area (Å²) in [5.41, 5.74) is 5.07. The highest BCUT2D eigenvalue weighted by Gasteiger charge is 2.42. The molecule has 28 nitrogen and oxygen atoms in total. The van der Waals surface area contributed by atoms with Gasteiger partial charge in [-0.2, -0.15) is 0 Å². The lowest BCUT2D eigenvalue weighted by molar-refractivity contribution is -0.137. The Bertz CT molecular complexity index is 4520. The molecule has 7 aromatic rings. The smallest absolute Gasteiger partial charge is 0.248 e. The molecule has 2 unspecified atom stereocenters. The predicted molar refractivity (Wildman–Crippen MR) is 375 cm³/mol. The summed E-state index contributed by atoms with van der Waals surface area (Å²) in [6, 6.07) is 9.11. The van der Waals surface area contributed by atoms with Crippen LogP contribution in [0.5, 0.6) is 69.0 Å². The number of aliphatic hydroxyl groups is 1. The number of nitrogens with one attached hydrogen (secondary N) is 8. The van der Waals surface area contributed by atoms with Gasteiger partial charge in [-0.3, -0.25) is 33.6 Å². The number of ether oxygens (including phenoxy) is 3. The molecule has 540 valence electrons. The number of phenolic OH excluding ortho intramolecular Hbond substituents is 6. The van der Waals surface area contributed by atoms with Gasteiger partial charge in [0.05, 0.1) is 15.6 Å². The first-order valence-corrected chi connectivity index (χ1v) is 34.2. The molecule has 7 amide bonds. The van der Waals surface area contributed by atoms with Crippen molar-refractivity contribution >= 4 is 64.6 Å². The van der Waals surface area contributed by atoms with Crippen LogP contribution in [0.15, 0.2) is 109 Å². The standard InChI is InChI=1S/C73H77Cl2N11O17/c1-34-8-4-5-20-86(34)21-7-18-78-69(96)62-44-32-51(90)45(33-77-17-6-19-85(2)3)65(92)57(44)43-26-37(11-13-49(43)88)59-70(97)84-63(73(100)83-62)64(91)38-12-16-53(47(75)27-38)103-56-30-40-29-55(66(56)93)102-52-15-9-35(22-46(52)74)23-48-67(94)80-60(71(98)82-61(40)72(99)81-59)39-24-41(87)31-42(25-39)101-54-28-36(10-14-50(54)89)58(76)68(95)79-48/h9-16,22,24-32,34,48,58-64,77,87-93H,4-8,17-21,23,33,76H2,1-3H3,(H,78,96)(H,79,95)(H,80,94)(H,81,99)(H,82,98)(H,83,100)(H,84,97)/t34?,48-,58-,59-,60-,61-,62-,63-,64?/m0/s1. The lowest BCUT2D eigenvalue weighted by Gasteiger charge is -2.33. The van der Waals surface area contributed by atoms with Crippen LogP contribution in [-0.2, 0) is 46.5 Å². The number of amides is 7. The third kappa shape index (κ3) is 15.7. The molecule has 30 heteroatoms. The summed E-state index contributed by atoms with van der Waals surface area (Å²) in [5, 5.41) is 106. The Morgan fingerprint density at radius 3 is 1.94 bits per heavy atom. The van der Waals surface area contributed by atoms with E-state index >= 15 is 28.8 Å². The van der Waals surface area contributed by atoms with Crippen LogP contribution >= 0.6 is 23.2 Å². The summed E-state index contributed by atoms with van der Waals surface area (Å²) in [5.74, 6) is -13.2. The molecule has 1 saturated heterocycles. The molecule has 9 atom stereocenters. The first-order valence-electron chi connectivity index (χ1n) is 33.5. The minimum absolute atomic E-state index is 0.0754. The first kappa shape index (κ1) is 72.2. The number of carbonyl (C=O) groups is 7. The maximum atomic E-state index is 16.1. The van der Waals surface area contributed by atoms with E-state index in [1.54, 1.807) is 0 Å². The van der Waals surface area contributed by atoms with Crippen molar-refractivity contribution in [1.82, 2.24) is 52.3 Å². The number of halogens is 2. The Morgan fingerprint density at radius 1 is 0.602 bits per heavy atom. The number of likely N-dealkylation sites (tertiary alicyclic amines) is 1. The third-order valence-electron chi connectivity index (χ3n) is 18.9. The predicted octanol–water partition coefficient (Wildman–Crippen LogP) is 6.32. The lowest BCUT2D eigenvalue weighted by Crippen LogP contribution is -2.56. The highest BCUT2D eigenvalue weighted by molar-refractivity contribution is 6.32. The largest absolute Gasteiger partial charge is 0.508 e. The van der Waals surface area contributed by atoms with E-state index in [2.05, 4.69) is 54.4 Å². The Labute approximate surface area is 600 Å². The zero-order chi connectivity index (χ0) is 73.2. The van der Waals surface area contributed by atoms with Gasteiger partial charge in [0.2, 0.25) is 47.1 Å². The third-order valence-corrected chi connectivity index (χ3v) is 19.5. The molecule has 17 N–H and O–H groups in total. The summed E-state index contributed by atoms with van der Waals surface area (Å²) >= 11 is 14.0. The molecular formula is C73H77Cl2N11O17. The van der Waals surface area contributed by atoms with Crippen molar-refractivity contribution in [2.75, 3.05) is 46.8 Å². The molecule has 0 aliphatic carbocycles. The second kappa shape index (κ2) is 30.5. The van der Waals surface area contributed by atoms with E-state index in [0.717, 1.165) is 62.2 Å². The van der Waals surface area contributed by atoms with Crippen LogP contribution in [0, 0.1) is 0 Å².